The lowest BCUT2D eigenvalue weighted by atomic mass is 9.93. The first-order valence-corrected chi connectivity index (χ1v) is 8.76. The number of hydrogen-bond donors (Lipinski definition) is 4. The zero-order chi connectivity index (χ0) is 18.6. The van der Waals surface area contributed by atoms with Gasteiger partial charge in [-0.1, -0.05) is 11.6 Å². The first-order valence-electron chi connectivity index (χ1n) is 8.38. The van der Waals surface area contributed by atoms with Crippen LogP contribution in [0.15, 0.2) is 48.5 Å². The van der Waals surface area contributed by atoms with Crippen molar-refractivity contribution in [2.45, 2.75) is 18.4 Å². The molecular weight excluding hydrogens is 354 g/mol. The van der Waals surface area contributed by atoms with Crippen LogP contribution in [0.4, 0.5) is 11.4 Å². The number of β-amino-alcohol motifs (C(OH)–C–C–N with tert-alkyl or cyclic N) is 1. The standard InChI is InChI=1S/C19H20ClN3O3/c20-14-4-2-13(3-5-14)17(24)22-15-6-8-16(9-7-15)23-18(25)19(26)10-1-11-21-12-19/h2-9,21,26H,1,10-12H2,(H,22,24)(H,23,25). The maximum absolute atomic E-state index is 12.3. The minimum atomic E-state index is -1.39. The number of carbonyl (C=O) groups is 2. The molecule has 1 aliphatic heterocycles. The number of halogens is 1. The van der Waals surface area contributed by atoms with Gasteiger partial charge in [0.2, 0.25) is 0 Å². The second-order valence-electron chi connectivity index (χ2n) is 6.30. The van der Waals surface area contributed by atoms with Crippen molar-refractivity contribution in [1.82, 2.24) is 5.32 Å². The average molecular weight is 374 g/mol. The fourth-order valence-corrected chi connectivity index (χ4v) is 2.90. The number of nitrogens with one attached hydrogen (secondary N) is 3. The molecule has 1 fully saturated rings. The van der Waals surface area contributed by atoms with Crippen LogP contribution in [0.25, 0.3) is 0 Å². The molecule has 0 radical (unpaired) electrons. The molecule has 0 spiro atoms. The minimum absolute atomic E-state index is 0.244. The Morgan fingerprint density at radius 3 is 2.19 bits per heavy atom. The normalized spacial score (nSPS) is 19.6. The van der Waals surface area contributed by atoms with Gasteiger partial charge in [0.15, 0.2) is 5.60 Å². The summed E-state index contributed by atoms with van der Waals surface area (Å²) in [7, 11) is 0. The highest BCUT2D eigenvalue weighted by atomic mass is 35.5. The third-order valence-corrected chi connectivity index (χ3v) is 4.54. The van der Waals surface area contributed by atoms with E-state index in [4.69, 9.17) is 11.6 Å². The molecule has 6 nitrogen and oxygen atoms in total. The van der Waals surface area contributed by atoms with Crippen LogP contribution in [0.1, 0.15) is 23.2 Å². The van der Waals surface area contributed by atoms with Gasteiger partial charge in [-0.15, -0.1) is 0 Å². The van der Waals surface area contributed by atoms with Crippen molar-refractivity contribution in [3.8, 4) is 0 Å². The molecule has 1 aliphatic rings. The Kier molecular flexibility index (Phi) is 5.56. The lowest BCUT2D eigenvalue weighted by Gasteiger charge is -2.31. The molecule has 2 amide bonds. The molecule has 3 rings (SSSR count). The number of anilines is 2. The van der Waals surface area contributed by atoms with E-state index in [0.29, 0.717) is 28.4 Å². The van der Waals surface area contributed by atoms with E-state index in [-0.39, 0.29) is 12.5 Å². The van der Waals surface area contributed by atoms with E-state index in [1.54, 1.807) is 48.5 Å². The van der Waals surface area contributed by atoms with Gasteiger partial charge >= 0.3 is 0 Å². The Balaban J connectivity index is 1.60. The predicted molar refractivity (Wildman–Crippen MR) is 102 cm³/mol. The fourth-order valence-electron chi connectivity index (χ4n) is 2.77. The highest BCUT2D eigenvalue weighted by Crippen LogP contribution is 2.20. The smallest absolute Gasteiger partial charge is 0.257 e. The molecular formula is C19H20ClN3O3. The van der Waals surface area contributed by atoms with Gasteiger partial charge in [0.25, 0.3) is 11.8 Å². The molecule has 2 aromatic carbocycles. The first kappa shape index (κ1) is 18.4. The summed E-state index contributed by atoms with van der Waals surface area (Å²) < 4.78 is 0. The second-order valence-corrected chi connectivity index (χ2v) is 6.74. The van der Waals surface area contributed by atoms with Gasteiger partial charge in [0.05, 0.1) is 0 Å². The van der Waals surface area contributed by atoms with E-state index in [9.17, 15) is 14.7 Å². The molecule has 7 heteroatoms. The molecule has 1 atom stereocenters. The van der Waals surface area contributed by atoms with Crippen molar-refractivity contribution >= 4 is 34.8 Å². The quantitative estimate of drug-likeness (QED) is 0.663. The van der Waals surface area contributed by atoms with Crippen LogP contribution >= 0.6 is 11.6 Å². The summed E-state index contributed by atoms with van der Waals surface area (Å²) in [5, 5.41) is 19.5. The molecule has 0 aromatic heterocycles. The third-order valence-electron chi connectivity index (χ3n) is 4.29. The number of piperidine rings is 1. The number of amides is 2. The molecule has 136 valence electrons. The predicted octanol–water partition coefficient (Wildman–Crippen LogP) is 2.65. The average Bonchev–Trinajstić information content (AvgIpc) is 2.64. The zero-order valence-electron chi connectivity index (χ0n) is 14.1. The van der Waals surface area contributed by atoms with Crippen LogP contribution < -0.4 is 16.0 Å². The SMILES string of the molecule is O=C(Nc1ccc(NC(=O)C2(O)CCCNC2)cc1)c1ccc(Cl)cc1. The van der Waals surface area contributed by atoms with Crippen LogP contribution in [0.5, 0.6) is 0 Å². The van der Waals surface area contributed by atoms with Gasteiger partial charge in [0.1, 0.15) is 0 Å². The lowest BCUT2D eigenvalue weighted by molar-refractivity contribution is -0.135. The van der Waals surface area contributed by atoms with Crippen molar-refractivity contribution in [2.75, 3.05) is 23.7 Å². The number of rotatable bonds is 4. The molecule has 0 saturated carbocycles. The molecule has 26 heavy (non-hydrogen) atoms. The monoisotopic (exact) mass is 373 g/mol. The summed E-state index contributed by atoms with van der Waals surface area (Å²) in [5.74, 6) is -0.677. The number of hydrogen-bond acceptors (Lipinski definition) is 4. The summed E-state index contributed by atoms with van der Waals surface area (Å²) in [4.78, 5) is 24.5. The van der Waals surface area contributed by atoms with Crippen LogP contribution in [-0.4, -0.2) is 35.6 Å². The topological polar surface area (TPSA) is 90.5 Å². The van der Waals surface area contributed by atoms with Crippen LogP contribution in [0.3, 0.4) is 0 Å². The molecule has 1 heterocycles. The highest BCUT2D eigenvalue weighted by Gasteiger charge is 2.37. The number of aliphatic hydroxyl groups is 1. The van der Waals surface area contributed by atoms with E-state index < -0.39 is 11.5 Å². The Morgan fingerprint density at radius 2 is 1.62 bits per heavy atom. The van der Waals surface area contributed by atoms with Crippen molar-refractivity contribution in [2.24, 2.45) is 0 Å². The van der Waals surface area contributed by atoms with Crippen LogP contribution in [-0.2, 0) is 4.79 Å². The van der Waals surface area contributed by atoms with E-state index >= 15 is 0 Å². The van der Waals surface area contributed by atoms with Gasteiger partial charge in [-0.3, -0.25) is 9.59 Å². The summed E-state index contributed by atoms with van der Waals surface area (Å²) in [6, 6.07) is 13.3. The Hall–Kier alpha value is -2.41. The zero-order valence-corrected chi connectivity index (χ0v) is 14.8. The number of benzene rings is 2. The Morgan fingerprint density at radius 1 is 1.00 bits per heavy atom. The van der Waals surface area contributed by atoms with E-state index in [0.717, 1.165) is 13.0 Å². The van der Waals surface area contributed by atoms with E-state index in [1.165, 1.54) is 0 Å². The molecule has 1 unspecified atom stereocenters. The van der Waals surface area contributed by atoms with Gasteiger partial charge in [-0.2, -0.15) is 0 Å². The van der Waals surface area contributed by atoms with Crippen LogP contribution in [0, 0.1) is 0 Å². The van der Waals surface area contributed by atoms with Crippen molar-refractivity contribution in [3.05, 3.63) is 59.1 Å². The van der Waals surface area contributed by atoms with Gasteiger partial charge in [0, 0.05) is 28.5 Å². The molecule has 0 bridgehead atoms. The molecule has 0 aliphatic carbocycles. The summed E-state index contributed by atoms with van der Waals surface area (Å²) in [6.07, 6.45) is 1.18. The van der Waals surface area contributed by atoms with Gasteiger partial charge < -0.3 is 21.1 Å². The molecule has 4 N–H and O–H groups in total. The maximum Gasteiger partial charge on any atom is 0.257 e. The van der Waals surface area contributed by atoms with Gasteiger partial charge in [-0.25, -0.2) is 0 Å². The maximum atomic E-state index is 12.3. The van der Waals surface area contributed by atoms with Crippen molar-refractivity contribution in [1.29, 1.82) is 0 Å². The minimum Gasteiger partial charge on any atom is -0.379 e. The third kappa shape index (κ3) is 4.40. The van der Waals surface area contributed by atoms with Gasteiger partial charge in [-0.05, 0) is 67.9 Å². The Labute approximate surface area is 156 Å². The van der Waals surface area contributed by atoms with Crippen molar-refractivity contribution in [3.63, 3.8) is 0 Å². The lowest BCUT2D eigenvalue weighted by Crippen LogP contribution is -2.53. The number of carbonyl (C=O) groups excluding carboxylic acids is 2. The summed E-state index contributed by atoms with van der Waals surface area (Å²) in [6.45, 7) is 1.05. The fraction of sp³-hybridized carbons (Fsp3) is 0.263. The molecule has 1 saturated heterocycles. The summed E-state index contributed by atoms with van der Waals surface area (Å²) in [5.41, 5.74) is 0.262. The second kappa shape index (κ2) is 7.86. The van der Waals surface area contributed by atoms with Crippen LogP contribution in [0.2, 0.25) is 5.02 Å². The summed E-state index contributed by atoms with van der Waals surface area (Å²) >= 11 is 5.81. The highest BCUT2D eigenvalue weighted by molar-refractivity contribution is 6.30. The largest absolute Gasteiger partial charge is 0.379 e. The molecule has 2 aromatic rings. The first-order chi connectivity index (χ1) is 12.5. The van der Waals surface area contributed by atoms with Crippen molar-refractivity contribution < 1.29 is 14.7 Å². The van der Waals surface area contributed by atoms with E-state index in [1.807, 2.05) is 0 Å². The Bertz CT molecular complexity index is 785. The van der Waals surface area contributed by atoms with E-state index in [2.05, 4.69) is 16.0 Å².